The van der Waals surface area contributed by atoms with Crippen LogP contribution < -0.4 is 5.32 Å². The summed E-state index contributed by atoms with van der Waals surface area (Å²) in [5, 5.41) is 3.32. The molecule has 0 aromatic carbocycles. The minimum absolute atomic E-state index is 0.925. The molecule has 0 amide bonds. The van der Waals surface area contributed by atoms with E-state index in [0.717, 1.165) is 45.3 Å². The van der Waals surface area contributed by atoms with Crippen LogP contribution in [-0.2, 0) is 4.57 Å². The molecule has 1 saturated heterocycles. The summed E-state index contributed by atoms with van der Waals surface area (Å²) in [5.41, 5.74) is 0. The number of rotatable bonds is 4. The number of hydrogen-bond acceptors (Lipinski definition) is 3. The van der Waals surface area contributed by atoms with Gasteiger partial charge in [-0.3, -0.25) is 0 Å². The Labute approximate surface area is 75.3 Å². The van der Waals surface area contributed by atoms with Gasteiger partial charge < -0.3 is 14.8 Å². The first kappa shape index (κ1) is 10.2. The van der Waals surface area contributed by atoms with Crippen LogP contribution in [-0.4, -0.2) is 50.5 Å². The van der Waals surface area contributed by atoms with Crippen LogP contribution in [0.25, 0.3) is 0 Å². The lowest BCUT2D eigenvalue weighted by Crippen LogP contribution is -2.43. The minimum atomic E-state index is -1.23. The average molecular weight is 190 g/mol. The topological polar surface area (TPSA) is 32.3 Å². The summed E-state index contributed by atoms with van der Waals surface area (Å²) in [6.07, 6.45) is 2.03. The van der Waals surface area contributed by atoms with Crippen LogP contribution in [0.4, 0.5) is 0 Å². The summed E-state index contributed by atoms with van der Waals surface area (Å²) in [6.45, 7) is 7.52. The number of piperazine rings is 1. The molecular weight excluding hydrogens is 171 g/mol. The Morgan fingerprint density at radius 2 is 2.08 bits per heavy atom. The van der Waals surface area contributed by atoms with E-state index >= 15 is 0 Å². The van der Waals surface area contributed by atoms with E-state index in [9.17, 15) is 4.57 Å². The molecule has 0 aliphatic carbocycles. The van der Waals surface area contributed by atoms with Crippen molar-refractivity contribution in [2.75, 3.05) is 45.6 Å². The van der Waals surface area contributed by atoms with Crippen molar-refractivity contribution in [3.05, 3.63) is 0 Å². The minimum Gasteiger partial charge on any atom is -0.327 e. The van der Waals surface area contributed by atoms with Gasteiger partial charge in [-0.1, -0.05) is 0 Å². The molecule has 0 bridgehead atoms. The van der Waals surface area contributed by atoms with Crippen LogP contribution in [0.3, 0.4) is 0 Å². The van der Waals surface area contributed by atoms with Gasteiger partial charge in [0.1, 0.15) is 0 Å². The van der Waals surface area contributed by atoms with E-state index in [2.05, 4.69) is 10.2 Å². The molecule has 1 fully saturated rings. The molecule has 12 heavy (non-hydrogen) atoms. The molecule has 1 N–H and O–H groups in total. The summed E-state index contributed by atoms with van der Waals surface area (Å²) in [4.78, 5) is 2.45. The third-order valence-corrected chi connectivity index (χ3v) is 3.27. The van der Waals surface area contributed by atoms with E-state index in [1.165, 1.54) is 0 Å². The number of hydrogen-bond donors (Lipinski definition) is 1. The molecule has 4 heteroatoms. The second-order valence-corrected chi connectivity index (χ2v) is 5.30. The van der Waals surface area contributed by atoms with Crippen LogP contribution in [0.1, 0.15) is 6.42 Å². The van der Waals surface area contributed by atoms with Crippen LogP contribution in [0.2, 0.25) is 0 Å². The van der Waals surface area contributed by atoms with Gasteiger partial charge in [0.25, 0.3) is 0 Å². The molecule has 72 valence electrons. The SMILES string of the molecule is C[PH](=O)CCCN1CCNCC1. The van der Waals surface area contributed by atoms with Gasteiger partial charge in [-0.05, 0) is 25.8 Å². The maximum absolute atomic E-state index is 10.8. The Hall–Kier alpha value is 0.150. The Morgan fingerprint density at radius 1 is 1.42 bits per heavy atom. The van der Waals surface area contributed by atoms with Crippen LogP contribution in [0, 0.1) is 0 Å². The van der Waals surface area contributed by atoms with Gasteiger partial charge in [-0.15, -0.1) is 0 Å². The molecule has 0 aromatic heterocycles. The fourth-order valence-electron chi connectivity index (χ4n) is 1.49. The molecule has 0 radical (unpaired) electrons. The smallest absolute Gasteiger partial charge is 0.0733 e. The molecule has 1 rings (SSSR count). The second-order valence-electron chi connectivity index (χ2n) is 3.40. The first-order valence-corrected chi connectivity index (χ1v) is 6.83. The lowest BCUT2D eigenvalue weighted by atomic mass is 10.3. The third kappa shape index (κ3) is 4.24. The summed E-state index contributed by atoms with van der Waals surface area (Å²) in [6, 6.07) is 0. The fraction of sp³-hybridized carbons (Fsp3) is 1.00. The van der Waals surface area contributed by atoms with E-state index in [4.69, 9.17) is 0 Å². The van der Waals surface area contributed by atoms with Gasteiger partial charge in [0.15, 0.2) is 0 Å². The highest BCUT2D eigenvalue weighted by Gasteiger charge is 2.08. The second kappa shape index (κ2) is 5.74. The zero-order chi connectivity index (χ0) is 8.81. The highest BCUT2D eigenvalue weighted by atomic mass is 31.1. The zero-order valence-corrected chi connectivity index (χ0v) is 8.81. The van der Waals surface area contributed by atoms with E-state index in [0.29, 0.717) is 0 Å². The van der Waals surface area contributed by atoms with Gasteiger partial charge in [0.2, 0.25) is 0 Å². The lowest BCUT2D eigenvalue weighted by molar-refractivity contribution is 0.242. The van der Waals surface area contributed by atoms with Crippen molar-refractivity contribution < 1.29 is 4.57 Å². The predicted molar refractivity (Wildman–Crippen MR) is 53.7 cm³/mol. The van der Waals surface area contributed by atoms with Crippen molar-refractivity contribution in [3.8, 4) is 0 Å². The quantitative estimate of drug-likeness (QED) is 0.654. The summed E-state index contributed by atoms with van der Waals surface area (Å²) < 4.78 is 10.8. The van der Waals surface area contributed by atoms with E-state index < -0.39 is 7.80 Å². The highest BCUT2D eigenvalue weighted by Crippen LogP contribution is 2.14. The molecular formula is C8H19N2OP. The third-order valence-electron chi connectivity index (χ3n) is 2.21. The summed E-state index contributed by atoms with van der Waals surface area (Å²) >= 11 is 0. The van der Waals surface area contributed by atoms with E-state index in [-0.39, 0.29) is 0 Å². The number of nitrogens with zero attached hydrogens (tertiary/aromatic N) is 1. The van der Waals surface area contributed by atoms with Crippen molar-refractivity contribution in [2.24, 2.45) is 0 Å². The summed E-state index contributed by atoms with van der Waals surface area (Å²) in [7, 11) is -1.23. The molecule has 1 aliphatic rings. The zero-order valence-electron chi connectivity index (χ0n) is 7.81. The fourth-order valence-corrected chi connectivity index (χ4v) is 2.14. The first-order valence-electron chi connectivity index (χ1n) is 4.71. The van der Waals surface area contributed by atoms with Gasteiger partial charge >= 0.3 is 0 Å². The molecule has 0 spiro atoms. The van der Waals surface area contributed by atoms with Crippen molar-refractivity contribution >= 4 is 7.80 Å². The van der Waals surface area contributed by atoms with Gasteiger partial charge in [-0.25, -0.2) is 0 Å². The molecule has 1 atom stereocenters. The Morgan fingerprint density at radius 3 is 2.67 bits per heavy atom. The molecule has 1 heterocycles. The Kier molecular flexibility index (Phi) is 4.89. The van der Waals surface area contributed by atoms with Gasteiger partial charge in [0.05, 0.1) is 7.80 Å². The Balaban J connectivity index is 2.01. The average Bonchev–Trinajstić information content (AvgIpc) is 2.05. The van der Waals surface area contributed by atoms with Crippen molar-refractivity contribution in [1.29, 1.82) is 0 Å². The van der Waals surface area contributed by atoms with Crippen LogP contribution in [0.5, 0.6) is 0 Å². The van der Waals surface area contributed by atoms with Gasteiger partial charge in [0, 0.05) is 26.2 Å². The molecule has 3 nitrogen and oxygen atoms in total. The predicted octanol–water partition coefficient (Wildman–Crippen LogP) is 0.471. The van der Waals surface area contributed by atoms with E-state index in [1.54, 1.807) is 0 Å². The van der Waals surface area contributed by atoms with Crippen molar-refractivity contribution in [3.63, 3.8) is 0 Å². The normalized spacial score (nSPS) is 22.4. The highest BCUT2D eigenvalue weighted by molar-refractivity contribution is 7.43. The van der Waals surface area contributed by atoms with Crippen LogP contribution >= 0.6 is 7.80 Å². The molecule has 0 aromatic rings. The van der Waals surface area contributed by atoms with E-state index in [1.807, 2.05) is 6.66 Å². The molecule has 1 unspecified atom stereocenters. The van der Waals surface area contributed by atoms with Gasteiger partial charge in [-0.2, -0.15) is 0 Å². The first-order chi connectivity index (χ1) is 5.79. The standard InChI is InChI=1S/C8H19N2OP/c1-12(11)8-2-5-10-6-3-9-4-7-10/h9,12H,2-8H2,1H3. The lowest BCUT2D eigenvalue weighted by Gasteiger charge is -2.26. The molecule has 1 aliphatic heterocycles. The maximum atomic E-state index is 10.8. The number of nitrogens with one attached hydrogen (secondary N) is 1. The Bertz CT molecular complexity index is 146. The maximum Gasteiger partial charge on any atom is 0.0733 e. The monoisotopic (exact) mass is 190 g/mol. The van der Waals surface area contributed by atoms with Crippen LogP contribution in [0.15, 0.2) is 0 Å². The largest absolute Gasteiger partial charge is 0.327 e. The van der Waals surface area contributed by atoms with Crippen molar-refractivity contribution in [2.45, 2.75) is 6.42 Å². The summed E-state index contributed by atoms with van der Waals surface area (Å²) in [5.74, 6) is 0. The molecule has 0 saturated carbocycles. The van der Waals surface area contributed by atoms with Crippen molar-refractivity contribution in [1.82, 2.24) is 10.2 Å².